The van der Waals surface area contributed by atoms with E-state index in [1.807, 2.05) is 30.5 Å². The van der Waals surface area contributed by atoms with E-state index in [4.69, 9.17) is 0 Å². The van der Waals surface area contributed by atoms with Crippen molar-refractivity contribution in [2.75, 3.05) is 6.54 Å². The van der Waals surface area contributed by atoms with Crippen molar-refractivity contribution in [1.82, 2.24) is 14.5 Å². The van der Waals surface area contributed by atoms with E-state index in [9.17, 15) is 17.2 Å². The van der Waals surface area contributed by atoms with Gasteiger partial charge in [0.1, 0.15) is 22.2 Å². The van der Waals surface area contributed by atoms with Gasteiger partial charge in [-0.25, -0.2) is 21.9 Å². The lowest BCUT2D eigenvalue weighted by atomic mass is 10.3. The predicted molar refractivity (Wildman–Crippen MR) is 91.8 cm³/mol. The van der Waals surface area contributed by atoms with Crippen LogP contribution in [0.3, 0.4) is 0 Å². The third-order valence-electron chi connectivity index (χ3n) is 3.55. The van der Waals surface area contributed by atoms with E-state index in [1.54, 1.807) is 16.0 Å². The first-order valence-corrected chi connectivity index (χ1v) is 9.76. The molecule has 0 aliphatic heterocycles. The zero-order valence-corrected chi connectivity index (χ0v) is 14.9. The largest absolute Gasteiger partial charge is 0.268 e. The Morgan fingerprint density at radius 2 is 2.04 bits per heavy atom. The predicted octanol–water partition coefficient (Wildman–Crippen LogP) is 3.18. The quantitative estimate of drug-likeness (QED) is 0.711. The Bertz CT molecular complexity index is 983. The lowest BCUT2D eigenvalue weighted by molar-refractivity contribution is 0.535. The Morgan fingerprint density at radius 1 is 1.24 bits per heavy atom. The molecule has 3 aromatic rings. The Balaban J connectivity index is 1.69. The second-order valence-corrected chi connectivity index (χ2v) is 8.03. The lowest BCUT2D eigenvalue weighted by Crippen LogP contribution is -2.28. The summed E-state index contributed by atoms with van der Waals surface area (Å²) in [7, 11) is -4.14. The molecule has 9 heteroatoms. The number of benzene rings is 1. The number of aryl methyl sites for hydroxylation is 1. The zero-order valence-electron chi connectivity index (χ0n) is 13.2. The van der Waals surface area contributed by atoms with Crippen LogP contribution < -0.4 is 4.72 Å². The molecule has 0 aliphatic rings. The molecular formula is C16H15F2N3O2S2. The van der Waals surface area contributed by atoms with E-state index in [2.05, 4.69) is 9.82 Å². The second kappa shape index (κ2) is 7.03. The Morgan fingerprint density at radius 3 is 2.76 bits per heavy atom. The highest BCUT2D eigenvalue weighted by atomic mass is 32.2. The molecule has 0 spiro atoms. The number of hydrogen-bond acceptors (Lipinski definition) is 4. The molecule has 1 aromatic carbocycles. The number of nitrogens with one attached hydrogen (secondary N) is 1. The van der Waals surface area contributed by atoms with Crippen molar-refractivity contribution in [3.8, 4) is 10.6 Å². The molecule has 0 amide bonds. The summed E-state index contributed by atoms with van der Waals surface area (Å²) in [5, 5.41) is 6.38. The maximum Gasteiger partial charge on any atom is 0.243 e. The van der Waals surface area contributed by atoms with Crippen LogP contribution in [0.2, 0.25) is 0 Å². The van der Waals surface area contributed by atoms with Crippen LogP contribution in [-0.4, -0.2) is 24.7 Å². The molecule has 5 nitrogen and oxygen atoms in total. The van der Waals surface area contributed by atoms with Crippen molar-refractivity contribution in [1.29, 1.82) is 0 Å². The molecule has 2 heterocycles. The standard InChI is InChI=1S/C16H15F2N3O2S2/c1-11-9-14(15-3-2-8-24-15)20-21(11)7-6-19-25(22,23)16-10-12(17)4-5-13(16)18/h2-5,8-10,19H,6-7H2,1H3. The van der Waals surface area contributed by atoms with Gasteiger partial charge in [-0.05, 0) is 42.6 Å². The molecule has 132 valence electrons. The first kappa shape index (κ1) is 17.7. The minimum Gasteiger partial charge on any atom is -0.268 e. The summed E-state index contributed by atoms with van der Waals surface area (Å²) in [6.07, 6.45) is 0. The van der Waals surface area contributed by atoms with E-state index in [1.165, 1.54) is 0 Å². The third kappa shape index (κ3) is 3.94. The first-order chi connectivity index (χ1) is 11.9. The molecule has 0 saturated heterocycles. The van der Waals surface area contributed by atoms with Gasteiger partial charge in [0.05, 0.1) is 11.4 Å². The van der Waals surface area contributed by atoms with E-state index >= 15 is 0 Å². The van der Waals surface area contributed by atoms with Crippen molar-refractivity contribution in [3.63, 3.8) is 0 Å². The highest BCUT2D eigenvalue weighted by Gasteiger charge is 2.19. The molecule has 1 N–H and O–H groups in total. The molecule has 0 bridgehead atoms. The van der Waals surface area contributed by atoms with Gasteiger partial charge in [-0.2, -0.15) is 5.10 Å². The fraction of sp³-hybridized carbons (Fsp3) is 0.188. The third-order valence-corrected chi connectivity index (χ3v) is 5.92. The van der Waals surface area contributed by atoms with Crippen LogP contribution in [0, 0.1) is 18.6 Å². The summed E-state index contributed by atoms with van der Waals surface area (Å²) in [5.41, 5.74) is 1.69. The molecule has 0 atom stereocenters. The van der Waals surface area contributed by atoms with Crippen LogP contribution in [0.25, 0.3) is 10.6 Å². The monoisotopic (exact) mass is 383 g/mol. The second-order valence-electron chi connectivity index (χ2n) is 5.34. The van der Waals surface area contributed by atoms with Gasteiger partial charge in [-0.1, -0.05) is 6.07 Å². The normalized spacial score (nSPS) is 11.8. The van der Waals surface area contributed by atoms with Gasteiger partial charge in [-0.3, -0.25) is 4.68 Å². The van der Waals surface area contributed by atoms with Crippen LogP contribution in [0.5, 0.6) is 0 Å². The number of halogens is 2. The van der Waals surface area contributed by atoms with Crippen LogP contribution >= 0.6 is 11.3 Å². The number of rotatable bonds is 6. The number of nitrogens with zero attached hydrogens (tertiary/aromatic N) is 2. The summed E-state index contributed by atoms with van der Waals surface area (Å²) in [6, 6.07) is 8.10. The van der Waals surface area contributed by atoms with Crippen LogP contribution in [0.4, 0.5) is 8.78 Å². The van der Waals surface area contributed by atoms with Crippen molar-refractivity contribution in [3.05, 3.63) is 59.1 Å². The number of thiophene rings is 1. The fourth-order valence-electron chi connectivity index (χ4n) is 2.33. The maximum absolute atomic E-state index is 13.6. The molecule has 0 saturated carbocycles. The molecule has 0 radical (unpaired) electrons. The van der Waals surface area contributed by atoms with E-state index < -0.39 is 26.6 Å². The molecule has 3 rings (SSSR count). The van der Waals surface area contributed by atoms with E-state index in [-0.39, 0.29) is 13.1 Å². The Labute approximate surface area is 148 Å². The topological polar surface area (TPSA) is 64.0 Å². The highest BCUT2D eigenvalue weighted by molar-refractivity contribution is 7.89. The number of sulfonamides is 1. The minimum atomic E-state index is -4.14. The van der Waals surface area contributed by atoms with Gasteiger partial charge in [0.2, 0.25) is 10.0 Å². The first-order valence-electron chi connectivity index (χ1n) is 7.40. The summed E-state index contributed by atoms with van der Waals surface area (Å²) in [4.78, 5) is 0.313. The Hall–Kier alpha value is -2.10. The zero-order chi connectivity index (χ0) is 18.0. The molecule has 0 aliphatic carbocycles. The van der Waals surface area contributed by atoms with Gasteiger partial charge in [0.25, 0.3) is 0 Å². The van der Waals surface area contributed by atoms with Crippen LogP contribution in [0.15, 0.2) is 46.7 Å². The number of hydrogen-bond donors (Lipinski definition) is 1. The van der Waals surface area contributed by atoms with Gasteiger partial charge in [0, 0.05) is 12.2 Å². The van der Waals surface area contributed by atoms with Gasteiger partial charge >= 0.3 is 0 Å². The summed E-state index contributed by atoms with van der Waals surface area (Å²) < 4.78 is 55.0. The fourth-order valence-corrected chi connectivity index (χ4v) is 4.12. The molecule has 2 aromatic heterocycles. The average Bonchev–Trinajstić information content (AvgIpc) is 3.20. The van der Waals surface area contributed by atoms with Gasteiger partial charge in [0.15, 0.2) is 0 Å². The van der Waals surface area contributed by atoms with Crippen molar-refractivity contribution >= 4 is 21.4 Å². The number of aromatic nitrogens is 2. The SMILES string of the molecule is Cc1cc(-c2cccs2)nn1CCNS(=O)(=O)c1cc(F)ccc1F. The minimum absolute atomic E-state index is 0.00465. The smallest absolute Gasteiger partial charge is 0.243 e. The van der Waals surface area contributed by atoms with Crippen molar-refractivity contribution < 1.29 is 17.2 Å². The summed E-state index contributed by atoms with van der Waals surface area (Å²) in [6.45, 7) is 2.14. The van der Waals surface area contributed by atoms with Crippen molar-refractivity contribution in [2.24, 2.45) is 0 Å². The molecule has 25 heavy (non-hydrogen) atoms. The van der Waals surface area contributed by atoms with Gasteiger partial charge < -0.3 is 0 Å². The Kier molecular flexibility index (Phi) is 4.98. The molecule has 0 fully saturated rings. The van der Waals surface area contributed by atoms with Crippen LogP contribution in [-0.2, 0) is 16.6 Å². The highest BCUT2D eigenvalue weighted by Crippen LogP contribution is 2.23. The van der Waals surface area contributed by atoms with Crippen LogP contribution in [0.1, 0.15) is 5.69 Å². The summed E-state index contributed by atoms with van der Waals surface area (Å²) in [5.74, 6) is -1.81. The van der Waals surface area contributed by atoms with Crippen molar-refractivity contribution in [2.45, 2.75) is 18.4 Å². The van der Waals surface area contributed by atoms with E-state index in [0.29, 0.717) is 6.07 Å². The molecule has 0 unspecified atom stereocenters. The summed E-state index contributed by atoms with van der Waals surface area (Å²) >= 11 is 1.56. The maximum atomic E-state index is 13.6. The van der Waals surface area contributed by atoms with Gasteiger partial charge in [-0.15, -0.1) is 11.3 Å². The van der Waals surface area contributed by atoms with E-state index in [0.717, 1.165) is 28.4 Å². The average molecular weight is 383 g/mol. The lowest BCUT2D eigenvalue weighted by Gasteiger charge is -2.09. The molecular weight excluding hydrogens is 368 g/mol.